The van der Waals surface area contributed by atoms with E-state index in [0.29, 0.717) is 5.56 Å². The van der Waals surface area contributed by atoms with Crippen molar-refractivity contribution in [3.63, 3.8) is 0 Å². The molecule has 398 valence electrons. The van der Waals surface area contributed by atoms with E-state index in [1.54, 1.807) is 0 Å². The molecule has 1 atom stereocenters. The van der Waals surface area contributed by atoms with E-state index in [9.17, 15) is 5.26 Å². The third-order valence-corrected chi connectivity index (χ3v) is 18.5. The van der Waals surface area contributed by atoms with Crippen LogP contribution in [0.15, 0.2) is 273 Å². The van der Waals surface area contributed by atoms with Crippen molar-refractivity contribution in [1.29, 1.82) is 5.26 Å². The Kier molecular flexibility index (Phi) is 9.45. The van der Waals surface area contributed by atoms with Crippen LogP contribution in [0.5, 0.6) is 11.5 Å². The van der Waals surface area contributed by atoms with Crippen molar-refractivity contribution >= 4 is 87.2 Å². The summed E-state index contributed by atoms with van der Waals surface area (Å²) in [6.07, 6.45) is 3.86. The molecule has 0 amide bonds. The highest BCUT2D eigenvalue weighted by Crippen LogP contribution is 2.62. The fraction of sp³-hybridized carbons (Fsp3) is 0.0128. The Morgan fingerprint density at radius 2 is 0.791 bits per heavy atom. The van der Waals surface area contributed by atoms with Gasteiger partial charge in [0.15, 0.2) is 0 Å². The monoisotopic (exact) mass is 1100 g/mol. The van der Waals surface area contributed by atoms with Crippen LogP contribution in [0.1, 0.15) is 27.8 Å². The molecule has 8 heteroatoms. The molecule has 6 aromatic heterocycles. The van der Waals surface area contributed by atoms with Gasteiger partial charge in [-0.2, -0.15) is 5.26 Å². The molecule has 11 aromatic carbocycles. The quantitative estimate of drug-likeness (QED) is 0.172. The van der Waals surface area contributed by atoms with E-state index in [0.717, 1.165) is 128 Å². The van der Waals surface area contributed by atoms with Crippen molar-refractivity contribution in [3.8, 4) is 62.8 Å². The van der Waals surface area contributed by atoms with Crippen molar-refractivity contribution in [2.45, 2.75) is 5.41 Å². The van der Waals surface area contributed by atoms with E-state index >= 15 is 0 Å². The molecule has 1 unspecified atom stereocenters. The highest BCUT2D eigenvalue weighted by molar-refractivity contribution is 6.13. The topological polar surface area (TPSA) is 78.5 Å². The van der Waals surface area contributed by atoms with Crippen molar-refractivity contribution in [2.24, 2.45) is 0 Å². The predicted molar refractivity (Wildman–Crippen MR) is 347 cm³/mol. The third kappa shape index (κ3) is 6.24. The summed E-state index contributed by atoms with van der Waals surface area (Å²) >= 11 is 0. The van der Waals surface area contributed by atoms with Crippen LogP contribution in [-0.4, -0.2) is 28.2 Å². The second kappa shape index (κ2) is 17.4. The number of pyridine rings is 2. The van der Waals surface area contributed by atoms with Crippen LogP contribution in [0, 0.1) is 11.3 Å². The van der Waals surface area contributed by atoms with Crippen molar-refractivity contribution in [1.82, 2.24) is 28.2 Å². The number of nitrogens with zero attached hydrogens (tertiary/aromatic N) is 7. The molecule has 0 radical (unpaired) electrons. The summed E-state index contributed by atoms with van der Waals surface area (Å²) in [5.41, 5.74) is 20.5. The zero-order valence-corrected chi connectivity index (χ0v) is 46.0. The smallest absolute Gasteiger partial charge is 0.134 e. The Morgan fingerprint density at radius 3 is 1.37 bits per heavy atom. The standard InChI is InChI=1S/C78H45N7O/c79-45-47-30-35-72-60(39-47)58-21-5-12-29-71(58)85(72)53-43-65-77(81-46-53)76-63(23-14-38-80-76)78(65)62-34-33-52(84-68-26-9-3-19-56(68)57-20-4-10-27-69(57)84)44-75(62)86-74-37-32-49(41-64(74)78)48-31-36-73-61(40-48)59-22-6-11-28-70(59)83(73)51-16-13-15-50(42-51)82-66-24-7-1-17-54(66)55-18-2-8-25-67(55)82/h1-44,46H. The van der Waals surface area contributed by atoms with Gasteiger partial charge in [-0.25, -0.2) is 0 Å². The molecule has 8 nitrogen and oxygen atoms in total. The average Bonchev–Trinajstić information content (AvgIpc) is 1.49. The molecular formula is C78H45N7O. The van der Waals surface area contributed by atoms with E-state index in [1.807, 2.05) is 24.5 Å². The second-order valence-electron chi connectivity index (χ2n) is 22.8. The van der Waals surface area contributed by atoms with Crippen LogP contribution in [0.25, 0.3) is 132 Å². The van der Waals surface area contributed by atoms with Crippen LogP contribution in [0.4, 0.5) is 0 Å². The Morgan fingerprint density at radius 1 is 0.314 bits per heavy atom. The molecule has 0 saturated heterocycles. The van der Waals surface area contributed by atoms with Gasteiger partial charge in [0, 0.05) is 89.1 Å². The fourth-order valence-electron chi connectivity index (χ4n) is 15.0. The molecular weight excluding hydrogens is 1050 g/mol. The maximum absolute atomic E-state index is 10.1. The Bertz CT molecular complexity index is 5760. The highest BCUT2D eigenvalue weighted by Gasteiger charge is 2.53. The van der Waals surface area contributed by atoms with Crippen LogP contribution < -0.4 is 4.74 Å². The number of fused-ring (bicyclic) bond motifs is 21. The van der Waals surface area contributed by atoms with Gasteiger partial charge in [-0.15, -0.1) is 0 Å². The summed E-state index contributed by atoms with van der Waals surface area (Å²) in [6, 6.07) is 96.2. The molecule has 0 bridgehead atoms. The summed E-state index contributed by atoms with van der Waals surface area (Å²) in [5.74, 6) is 1.52. The van der Waals surface area contributed by atoms with E-state index in [1.165, 1.54) is 38.0 Å². The van der Waals surface area contributed by atoms with Gasteiger partial charge in [0.05, 0.1) is 84.5 Å². The molecule has 1 aliphatic heterocycles. The number of ether oxygens (including phenoxy) is 1. The average molecular weight is 1100 g/mol. The maximum Gasteiger partial charge on any atom is 0.134 e. The summed E-state index contributed by atoms with van der Waals surface area (Å²) < 4.78 is 16.8. The summed E-state index contributed by atoms with van der Waals surface area (Å²) in [4.78, 5) is 10.7. The minimum absolute atomic E-state index is 0.616. The zero-order chi connectivity index (χ0) is 56.4. The van der Waals surface area contributed by atoms with Gasteiger partial charge in [0.25, 0.3) is 0 Å². The summed E-state index contributed by atoms with van der Waals surface area (Å²) in [7, 11) is 0. The number of nitriles is 1. The molecule has 0 fully saturated rings. The lowest BCUT2D eigenvalue weighted by Gasteiger charge is -2.39. The largest absolute Gasteiger partial charge is 0.457 e. The van der Waals surface area contributed by atoms with Gasteiger partial charge in [0.2, 0.25) is 0 Å². The molecule has 86 heavy (non-hydrogen) atoms. The number of hydrogen-bond donors (Lipinski definition) is 0. The molecule has 0 N–H and O–H groups in total. The first-order valence-corrected chi connectivity index (χ1v) is 29.1. The van der Waals surface area contributed by atoms with Gasteiger partial charge in [-0.1, -0.05) is 140 Å². The SMILES string of the molecule is N#Cc1ccc2c(c1)c1ccccc1n2-c1cnc2c(c1)C1(c3ccc(-n4c5ccccc5c5ccccc54)cc3Oc3ccc(-c4ccc5c(c4)c4ccccc4n5-c4cccc(-n5c6ccccc6c6ccccc65)c4)cc31)c1cccnc1-2. The first-order valence-electron chi connectivity index (χ1n) is 29.1. The fourth-order valence-corrected chi connectivity index (χ4v) is 15.0. The van der Waals surface area contributed by atoms with E-state index in [-0.39, 0.29) is 0 Å². The molecule has 17 aromatic rings. The van der Waals surface area contributed by atoms with Gasteiger partial charge in [-0.05, 0) is 132 Å². The Balaban J connectivity index is 0.828. The predicted octanol–water partition coefficient (Wildman–Crippen LogP) is 18.9. The Labute approximate surface area is 492 Å². The normalized spacial score (nSPS) is 14.2. The van der Waals surface area contributed by atoms with Crippen LogP contribution in [-0.2, 0) is 5.41 Å². The van der Waals surface area contributed by atoms with E-state index in [2.05, 4.69) is 273 Å². The van der Waals surface area contributed by atoms with E-state index in [4.69, 9.17) is 14.7 Å². The first kappa shape index (κ1) is 46.8. The maximum atomic E-state index is 10.1. The van der Waals surface area contributed by atoms with Gasteiger partial charge in [0.1, 0.15) is 11.5 Å². The van der Waals surface area contributed by atoms with Crippen molar-refractivity contribution in [2.75, 3.05) is 0 Å². The molecule has 7 heterocycles. The van der Waals surface area contributed by atoms with Crippen LogP contribution in [0.2, 0.25) is 0 Å². The highest BCUT2D eigenvalue weighted by atomic mass is 16.5. The number of benzene rings is 11. The molecule has 0 saturated carbocycles. The van der Waals surface area contributed by atoms with Crippen LogP contribution >= 0.6 is 0 Å². The van der Waals surface area contributed by atoms with Crippen LogP contribution in [0.3, 0.4) is 0 Å². The lowest BCUT2D eigenvalue weighted by Crippen LogP contribution is -2.32. The lowest BCUT2D eigenvalue weighted by atomic mass is 9.66. The lowest BCUT2D eigenvalue weighted by molar-refractivity contribution is 0.436. The van der Waals surface area contributed by atoms with Gasteiger partial charge >= 0.3 is 0 Å². The molecule has 1 spiro atoms. The van der Waals surface area contributed by atoms with Crippen molar-refractivity contribution in [3.05, 3.63) is 301 Å². The second-order valence-corrected chi connectivity index (χ2v) is 22.8. The zero-order valence-electron chi connectivity index (χ0n) is 46.0. The molecule has 2 aliphatic rings. The number of rotatable bonds is 5. The summed E-state index contributed by atoms with van der Waals surface area (Å²) in [6.45, 7) is 0. The van der Waals surface area contributed by atoms with Gasteiger partial charge in [-0.3, -0.25) is 9.97 Å². The number of para-hydroxylation sites is 6. The first-order chi connectivity index (χ1) is 42.6. The minimum Gasteiger partial charge on any atom is -0.457 e. The summed E-state index contributed by atoms with van der Waals surface area (Å²) in [5, 5.41) is 19.4. The van der Waals surface area contributed by atoms with Crippen molar-refractivity contribution < 1.29 is 4.74 Å². The Hall–Kier alpha value is -11.8. The van der Waals surface area contributed by atoms with E-state index < -0.39 is 5.41 Å². The molecule has 1 aliphatic carbocycles. The molecule has 19 rings (SSSR count). The van der Waals surface area contributed by atoms with Gasteiger partial charge < -0.3 is 23.0 Å². The number of aromatic nitrogens is 6. The minimum atomic E-state index is -0.936. The number of hydrogen-bond acceptors (Lipinski definition) is 4. The third-order valence-electron chi connectivity index (χ3n) is 18.5.